The van der Waals surface area contributed by atoms with Crippen molar-refractivity contribution in [1.82, 2.24) is 29.9 Å². The van der Waals surface area contributed by atoms with E-state index in [1.807, 2.05) is 62.5 Å². The minimum atomic E-state index is -0.579. The number of hydrogen-bond acceptors (Lipinski definition) is 8. The van der Waals surface area contributed by atoms with Crippen molar-refractivity contribution in [3.8, 4) is 10.6 Å². The number of ether oxygens (including phenoxy) is 1. The highest BCUT2D eigenvalue weighted by molar-refractivity contribution is 7.13. The van der Waals surface area contributed by atoms with Gasteiger partial charge in [0.05, 0.1) is 34.7 Å². The molecule has 4 heterocycles. The fourth-order valence-corrected chi connectivity index (χ4v) is 8.07. The first-order valence-corrected chi connectivity index (χ1v) is 18.9. The summed E-state index contributed by atoms with van der Waals surface area (Å²) < 4.78 is 5.47. The average Bonchev–Trinajstić information content (AvgIpc) is 3.64. The number of nitrogens with one attached hydrogen (secondary N) is 1. The number of benzene rings is 1. The summed E-state index contributed by atoms with van der Waals surface area (Å²) in [4.78, 5) is 66.6. The van der Waals surface area contributed by atoms with Crippen LogP contribution in [0.3, 0.4) is 0 Å². The molecular weight excluding hydrogens is 653 g/mol. The highest BCUT2D eigenvalue weighted by Gasteiger charge is 2.33. The van der Waals surface area contributed by atoms with Crippen LogP contribution in [0.15, 0.2) is 41.8 Å². The molecule has 0 bridgehead atoms. The minimum absolute atomic E-state index is 0.00377. The number of fused-ring (bicyclic) bond motifs is 1. The van der Waals surface area contributed by atoms with Crippen LogP contribution in [-0.4, -0.2) is 112 Å². The van der Waals surface area contributed by atoms with E-state index in [0.29, 0.717) is 57.3 Å². The van der Waals surface area contributed by atoms with Crippen LogP contribution < -0.4 is 5.32 Å². The SMILES string of the molecule is C[C@H](NC(=O)c1c(CN2CCN(CC(=O)N3CCN(C(=O)OC(C)(C)C)CC3)C(=O)C2)c(-c2cccs2)nc2ccccc12)C1CCCCC1. The predicted molar refractivity (Wildman–Crippen MR) is 195 cm³/mol. The lowest BCUT2D eigenvalue weighted by atomic mass is 9.84. The molecule has 3 fully saturated rings. The number of amides is 4. The fourth-order valence-electron chi connectivity index (χ4n) is 7.32. The maximum atomic E-state index is 14.3. The monoisotopic (exact) mass is 702 g/mol. The van der Waals surface area contributed by atoms with Gasteiger partial charge >= 0.3 is 6.09 Å². The number of pyridine rings is 1. The van der Waals surface area contributed by atoms with Gasteiger partial charge in [-0.05, 0) is 64.0 Å². The van der Waals surface area contributed by atoms with Crippen LogP contribution in [0.25, 0.3) is 21.5 Å². The Kier molecular flexibility index (Phi) is 11.1. The molecule has 268 valence electrons. The first-order chi connectivity index (χ1) is 24.0. The van der Waals surface area contributed by atoms with Crippen molar-refractivity contribution in [2.45, 2.75) is 78.0 Å². The molecule has 1 saturated carbocycles. The molecule has 12 heteroatoms. The van der Waals surface area contributed by atoms with E-state index in [0.717, 1.165) is 39.9 Å². The topological polar surface area (TPSA) is 115 Å². The van der Waals surface area contributed by atoms with E-state index < -0.39 is 5.60 Å². The van der Waals surface area contributed by atoms with Crippen molar-refractivity contribution in [3.05, 3.63) is 52.9 Å². The molecule has 0 unspecified atom stereocenters. The van der Waals surface area contributed by atoms with Gasteiger partial charge in [-0.15, -0.1) is 11.3 Å². The van der Waals surface area contributed by atoms with E-state index in [4.69, 9.17) is 9.72 Å². The number of nitrogens with zero attached hydrogens (tertiary/aromatic N) is 5. The summed E-state index contributed by atoms with van der Waals surface area (Å²) in [7, 11) is 0. The van der Waals surface area contributed by atoms with Crippen molar-refractivity contribution < 1.29 is 23.9 Å². The Morgan fingerprint density at radius 3 is 2.36 bits per heavy atom. The second-order valence-electron chi connectivity index (χ2n) is 14.8. The first kappa shape index (κ1) is 35.8. The standard InChI is InChI=1S/C38H50N6O5S/c1-26(27-11-6-5-7-12-27)39-36(47)34-28-13-8-9-14-30(28)40-35(31-15-10-22-50-31)29(34)23-41-16-17-44(32(45)24-41)25-33(46)42-18-20-43(21-19-42)37(48)49-38(2,3)4/h8-10,13-15,22,26-27H,5-7,11-12,16-21,23-25H2,1-4H3,(H,39,47)/t26-/m0/s1. The summed E-state index contributed by atoms with van der Waals surface area (Å²) >= 11 is 1.58. The van der Waals surface area contributed by atoms with Crippen molar-refractivity contribution in [1.29, 1.82) is 0 Å². The molecule has 0 radical (unpaired) electrons. The van der Waals surface area contributed by atoms with Crippen LogP contribution in [0.1, 0.15) is 75.7 Å². The summed E-state index contributed by atoms with van der Waals surface area (Å²) in [5.74, 6) is 0.112. The molecular formula is C38H50N6O5S. The van der Waals surface area contributed by atoms with Gasteiger partial charge in [0.25, 0.3) is 5.91 Å². The molecule has 1 aromatic carbocycles. The van der Waals surface area contributed by atoms with E-state index in [1.165, 1.54) is 19.3 Å². The zero-order valence-electron chi connectivity index (χ0n) is 29.8. The Bertz CT molecular complexity index is 1690. The third-order valence-electron chi connectivity index (χ3n) is 10.1. The summed E-state index contributed by atoms with van der Waals surface area (Å²) in [5.41, 5.74) is 2.40. The normalized spacial score (nSPS) is 18.7. The van der Waals surface area contributed by atoms with Gasteiger partial charge in [0.1, 0.15) is 5.60 Å². The highest BCUT2D eigenvalue weighted by Crippen LogP contribution is 2.34. The highest BCUT2D eigenvalue weighted by atomic mass is 32.1. The quantitative estimate of drug-likeness (QED) is 0.335. The Balaban J connectivity index is 1.16. The van der Waals surface area contributed by atoms with Gasteiger partial charge in [-0.25, -0.2) is 9.78 Å². The molecule has 1 N–H and O–H groups in total. The van der Waals surface area contributed by atoms with Gasteiger partial charge in [-0.2, -0.15) is 0 Å². The fraction of sp³-hybridized carbons (Fsp3) is 0.553. The number of aromatic nitrogens is 1. The van der Waals surface area contributed by atoms with Crippen LogP contribution in [0, 0.1) is 5.92 Å². The van der Waals surface area contributed by atoms with Gasteiger partial charge < -0.3 is 24.8 Å². The van der Waals surface area contributed by atoms with E-state index in [-0.39, 0.29) is 42.9 Å². The van der Waals surface area contributed by atoms with Crippen LogP contribution >= 0.6 is 11.3 Å². The third kappa shape index (κ3) is 8.46. The number of carbonyl (C=O) groups is 4. The molecule has 0 spiro atoms. The van der Waals surface area contributed by atoms with Crippen molar-refractivity contribution in [2.75, 3.05) is 52.4 Å². The number of thiophene rings is 1. The maximum Gasteiger partial charge on any atom is 0.410 e. The van der Waals surface area contributed by atoms with E-state index >= 15 is 0 Å². The molecule has 6 rings (SSSR count). The third-order valence-corrected chi connectivity index (χ3v) is 11.0. The summed E-state index contributed by atoms with van der Waals surface area (Å²) in [6, 6.07) is 11.9. The summed E-state index contributed by atoms with van der Waals surface area (Å²) in [5, 5.41) is 6.18. The van der Waals surface area contributed by atoms with E-state index in [1.54, 1.807) is 26.0 Å². The number of hydrogen-bond donors (Lipinski definition) is 1. The molecule has 4 amide bonds. The smallest absolute Gasteiger partial charge is 0.410 e. The van der Waals surface area contributed by atoms with E-state index in [9.17, 15) is 19.2 Å². The largest absolute Gasteiger partial charge is 0.444 e. The lowest BCUT2D eigenvalue weighted by Gasteiger charge is -2.38. The Morgan fingerprint density at radius 1 is 0.960 bits per heavy atom. The van der Waals surface area contributed by atoms with Crippen LogP contribution in [0.2, 0.25) is 0 Å². The zero-order chi connectivity index (χ0) is 35.4. The Labute approximate surface area is 298 Å². The second-order valence-corrected chi connectivity index (χ2v) is 15.8. The van der Waals surface area contributed by atoms with Crippen molar-refractivity contribution >= 4 is 46.1 Å². The molecule has 2 saturated heterocycles. The summed E-state index contributed by atoms with van der Waals surface area (Å²) in [6.07, 6.45) is 5.54. The van der Waals surface area contributed by atoms with Crippen LogP contribution in [0.4, 0.5) is 4.79 Å². The Hall–Kier alpha value is -4.03. The lowest BCUT2D eigenvalue weighted by molar-refractivity contribution is -0.144. The summed E-state index contributed by atoms with van der Waals surface area (Å²) in [6.45, 7) is 10.7. The van der Waals surface area contributed by atoms with Crippen LogP contribution in [0.5, 0.6) is 0 Å². The Morgan fingerprint density at radius 2 is 1.68 bits per heavy atom. The number of piperazine rings is 2. The first-order valence-electron chi connectivity index (χ1n) is 18.0. The van der Waals surface area contributed by atoms with Crippen molar-refractivity contribution in [3.63, 3.8) is 0 Å². The predicted octanol–water partition coefficient (Wildman–Crippen LogP) is 5.39. The van der Waals surface area contributed by atoms with Gasteiger partial charge in [0.15, 0.2) is 0 Å². The number of para-hydroxylation sites is 1. The molecule has 3 aliphatic rings. The van der Waals surface area contributed by atoms with Crippen molar-refractivity contribution in [2.24, 2.45) is 5.92 Å². The zero-order valence-corrected chi connectivity index (χ0v) is 30.6. The second kappa shape index (κ2) is 15.5. The van der Waals surface area contributed by atoms with Gasteiger partial charge in [-0.1, -0.05) is 43.5 Å². The van der Waals surface area contributed by atoms with Gasteiger partial charge in [0.2, 0.25) is 11.8 Å². The number of carbonyl (C=O) groups excluding carboxylic acids is 4. The van der Waals surface area contributed by atoms with Crippen LogP contribution in [-0.2, 0) is 20.9 Å². The molecule has 50 heavy (non-hydrogen) atoms. The minimum Gasteiger partial charge on any atom is -0.444 e. The van der Waals surface area contributed by atoms with Gasteiger partial charge in [0, 0.05) is 62.8 Å². The molecule has 1 aliphatic carbocycles. The maximum absolute atomic E-state index is 14.3. The molecule has 1 atom stereocenters. The molecule has 2 aliphatic heterocycles. The number of rotatable bonds is 8. The van der Waals surface area contributed by atoms with Gasteiger partial charge in [-0.3, -0.25) is 19.3 Å². The average molecular weight is 703 g/mol. The molecule has 11 nitrogen and oxygen atoms in total. The molecule has 3 aromatic rings. The molecule has 2 aromatic heterocycles. The lowest BCUT2D eigenvalue weighted by Crippen LogP contribution is -2.56. The van der Waals surface area contributed by atoms with E-state index in [2.05, 4.69) is 17.1 Å².